The van der Waals surface area contributed by atoms with Crippen LogP contribution in [0.5, 0.6) is 0 Å². The van der Waals surface area contributed by atoms with Crippen molar-refractivity contribution >= 4 is 8.58 Å². The monoisotopic (exact) mass is 338 g/mol. The lowest BCUT2D eigenvalue weighted by atomic mass is 10.1. The van der Waals surface area contributed by atoms with Gasteiger partial charge in [-0.1, -0.05) is 0 Å². The van der Waals surface area contributed by atoms with Crippen LogP contribution in [0.15, 0.2) is 0 Å². The molecule has 0 aliphatic rings. The topological polar surface area (TPSA) is 54.1 Å². The minimum Gasteiger partial charge on any atom is -0.277 e. The van der Waals surface area contributed by atoms with E-state index >= 15 is 0 Å². The van der Waals surface area contributed by atoms with Gasteiger partial charge < -0.3 is 0 Å². The lowest BCUT2D eigenvalue weighted by molar-refractivity contribution is 0.109. The standard InChI is InChI=1S/C18H35N4P/c1-13(2)21(14(3)4)17(9,11-19)23-18(10,12-20)22(15(5)6)16(7)8/h13-16,23H,1-10H3. The second kappa shape index (κ2) is 8.43. The van der Waals surface area contributed by atoms with Gasteiger partial charge in [-0.05, 0) is 77.8 Å². The number of rotatable bonds is 8. The summed E-state index contributed by atoms with van der Waals surface area (Å²) < 4.78 is 0. The molecular formula is C18H35N4P. The Bertz CT molecular complexity index is 403. The molecule has 2 unspecified atom stereocenters. The van der Waals surface area contributed by atoms with Gasteiger partial charge in [0, 0.05) is 24.2 Å². The van der Waals surface area contributed by atoms with E-state index in [9.17, 15) is 10.5 Å². The SMILES string of the molecule is CC(C)N(C(C)C)C(C)(C#N)PC(C)(C#N)N(C(C)C)C(C)C. The fourth-order valence-electron chi connectivity index (χ4n) is 4.03. The fourth-order valence-corrected chi connectivity index (χ4v) is 6.38. The average molecular weight is 338 g/mol. The van der Waals surface area contributed by atoms with Crippen molar-refractivity contribution in [1.82, 2.24) is 9.80 Å². The molecule has 0 saturated heterocycles. The van der Waals surface area contributed by atoms with Crippen LogP contribution in [0.1, 0.15) is 69.2 Å². The molecule has 0 saturated carbocycles. The molecule has 0 aromatic carbocycles. The third-order valence-electron chi connectivity index (χ3n) is 4.18. The summed E-state index contributed by atoms with van der Waals surface area (Å²) in [6, 6.07) is 6.05. The molecule has 0 aromatic heterocycles. The van der Waals surface area contributed by atoms with Gasteiger partial charge in [0.1, 0.15) is 10.6 Å². The molecule has 0 aliphatic carbocycles. The van der Waals surface area contributed by atoms with E-state index in [-0.39, 0.29) is 32.7 Å². The van der Waals surface area contributed by atoms with Gasteiger partial charge in [-0.15, -0.1) is 0 Å². The van der Waals surface area contributed by atoms with Gasteiger partial charge in [0.25, 0.3) is 0 Å². The quantitative estimate of drug-likeness (QED) is 0.616. The van der Waals surface area contributed by atoms with E-state index in [0.717, 1.165) is 0 Å². The van der Waals surface area contributed by atoms with E-state index in [1.165, 1.54) is 0 Å². The fraction of sp³-hybridized carbons (Fsp3) is 0.889. The van der Waals surface area contributed by atoms with Crippen LogP contribution in [0.4, 0.5) is 0 Å². The molecule has 0 radical (unpaired) electrons. The maximum Gasteiger partial charge on any atom is 0.125 e. The predicted octanol–water partition coefficient (Wildman–Crippen LogP) is 4.38. The van der Waals surface area contributed by atoms with Crippen LogP contribution in [0.2, 0.25) is 0 Å². The third kappa shape index (κ3) is 5.15. The molecule has 5 heteroatoms. The Kier molecular flexibility index (Phi) is 8.19. The largest absolute Gasteiger partial charge is 0.277 e. The molecule has 0 amide bonds. The van der Waals surface area contributed by atoms with E-state index in [1.807, 2.05) is 13.8 Å². The number of hydrogen-bond donors (Lipinski definition) is 0. The summed E-state index contributed by atoms with van der Waals surface area (Å²) in [5, 5.41) is 18.6. The first-order valence-corrected chi connectivity index (χ1v) is 9.55. The summed E-state index contributed by atoms with van der Waals surface area (Å²) in [5.74, 6) is 0. The first-order valence-electron chi connectivity index (χ1n) is 8.55. The van der Waals surface area contributed by atoms with Crippen molar-refractivity contribution in [2.45, 2.75) is 104 Å². The van der Waals surface area contributed by atoms with Crippen LogP contribution >= 0.6 is 8.58 Å². The average Bonchev–Trinajstić information content (AvgIpc) is 2.36. The molecule has 23 heavy (non-hydrogen) atoms. The van der Waals surface area contributed by atoms with Gasteiger partial charge >= 0.3 is 0 Å². The van der Waals surface area contributed by atoms with Gasteiger partial charge in [-0.3, -0.25) is 9.80 Å². The zero-order chi connectivity index (χ0) is 18.6. The van der Waals surface area contributed by atoms with Crippen LogP contribution in [0.25, 0.3) is 0 Å². The van der Waals surface area contributed by atoms with Crippen LogP contribution in [-0.4, -0.2) is 44.5 Å². The van der Waals surface area contributed by atoms with Crippen molar-refractivity contribution < 1.29 is 0 Å². The molecule has 0 bridgehead atoms. The van der Waals surface area contributed by atoms with Gasteiger partial charge in [0.05, 0.1) is 12.1 Å². The van der Waals surface area contributed by atoms with Crippen LogP contribution in [0, 0.1) is 22.7 Å². The highest BCUT2D eigenvalue weighted by Gasteiger charge is 2.46. The smallest absolute Gasteiger partial charge is 0.125 e. The van der Waals surface area contributed by atoms with Gasteiger partial charge in [-0.25, -0.2) is 0 Å². The molecule has 0 aliphatic heterocycles. The molecule has 0 heterocycles. The Balaban J connectivity index is 5.92. The first-order chi connectivity index (χ1) is 10.4. The van der Waals surface area contributed by atoms with Crippen LogP contribution in [0.3, 0.4) is 0 Å². The number of nitrogens with zero attached hydrogens (tertiary/aromatic N) is 4. The van der Waals surface area contributed by atoms with Crippen molar-refractivity contribution in [3.8, 4) is 12.1 Å². The Hall–Kier alpha value is -0.670. The zero-order valence-corrected chi connectivity index (χ0v) is 17.6. The molecule has 0 fully saturated rings. The second-order valence-electron chi connectivity index (χ2n) is 7.68. The van der Waals surface area contributed by atoms with Crippen LogP contribution in [-0.2, 0) is 0 Å². The summed E-state index contributed by atoms with van der Waals surface area (Å²) in [7, 11) is 0.182. The highest BCUT2D eigenvalue weighted by atomic mass is 31.1. The van der Waals surface area contributed by atoms with Crippen LogP contribution < -0.4 is 0 Å². The summed E-state index contributed by atoms with van der Waals surface area (Å²) in [5.41, 5.74) is 0. The molecule has 4 nitrogen and oxygen atoms in total. The summed E-state index contributed by atoms with van der Waals surface area (Å²) in [4.78, 5) is 4.47. The van der Waals surface area contributed by atoms with Gasteiger partial charge in [0.2, 0.25) is 0 Å². The van der Waals surface area contributed by atoms with E-state index in [0.29, 0.717) is 0 Å². The van der Waals surface area contributed by atoms with Crippen molar-refractivity contribution in [2.24, 2.45) is 0 Å². The minimum absolute atomic E-state index is 0.182. The van der Waals surface area contributed by atoms with Gasteiger partial charge in [-0.2, -0.15) is 10.5 Å². The number of nitriles is 2. The Morgan fingerprint density at radius 3 is 1.00 bits per heavy atom. The summed E-state index contributed by atoms with van der Waals surface area (Å²) >= 11 is 0. The third-order valence-corrected chi connectivity index (χ3v) is 5.89. The summed E-state index contributed by atoms with van der Waals surface area (Å²) in [6.07, 6.45) is 0. The Labute approximate surface area is 145 Å². The molecule has 132 valence electrons. The van der Waals surface area contributed by atoms with E-state index < -0.39 is 10.6 Å². The Morgan fingerprint density at radius 1 is 0.652 bits per heavy atom. The molecule has 0 aromatic rings. The van der Waals surface area contributed by atoms with E-state index in [4.69, 9.17) is 0 Å². The van der Waals surface area contributed by atoms with Crippen molar-refractivity contribution in [2.75, 3.05) is 0 Å². The molecule has 2 atom stereocenters. The molecule has 0 spiro atoms. The zero-order valence-electron chi connectivity index (χ0n) is 16.6. The Morgan fingerprint density at radius 2 is 0.870 bits per heavy atom. The second-order valence-corrected chi connectivity index (χ2v) is 9.88. The molecule has 0 rings (SSSR count). The lowest BCUT2D eigenvalue weighted by Crippen LogP contribution is -2.56. The van der Waals surface area contributed by atoms with Crippen molar-refractivity contribution in [1.29, 1.82) is 10.5 Å². The lowest BCUT2D eigenvalue weighted by Gasteiger charge is -2.49. The first kappa shape index (κ1) is 22.3. The van der Waals surface area contributed by atoms with E-state index in [2.05, 4.69) is 77.3 Å². The highest BCUT2D eigenvalue weighted by molar-refractivity contribution is 7.42. The highest BCUT2D eigenvalue weighted by Crippen LogP contribution is 2.49. The van der Waals surface area contributed by atoms with E-state index in [1.54, 1.807) is 0 Å². The van der Waals surface area contributed by atoms with Crippen molar-refractivity contribution in [3.63, 3.8) is 0 Å². The normalized spacial score (nSPS) is 18.2. The predicted molar refractivity (Wildman–Crippen MR) is 101 cm³/mol. The van der Waals surface area contributed by atoms with Crippen molar-refractivity contribution in [3.05, 3.63) is 0 Å². The molecule has 0 N–H and O–H groups in total. The van der Waals surface area contributed by atoms with Gasteiger partial charge in [0.15, 0.2) is 0 Å². The number of hydrogen-bond acceptors (Lipinski definition) is 4. The summed E-state index contributed by atoms with van der Waals surface area (Å²) in [6.45, 7) is 20.9. The molecular weight excluding hydrogens is 303 g/mol. The maximum atomic E-state index is 9.96. The maximum absolute atomic E-state index is 9.96. The minimum atomic E-state index is -0.658.